The molecule has 0 spiro atoms. The number of aryl methyl sites for hydroxylation is 1. The van der Waals surface area contributed by atoms with Gasteiger partial charge in [0, 0.05) is 42.7 Å². The van der Waals surface area contributed by atoms with Gasteiger partial charge >= 0.3 is 0 Å². The molecule has 1 atom stereocenters. The molecule has 8 heteroatoms. The summed E-state index contributed by atoms with van der Waals surface area (Å²) in [6.45, 7) is 3.78. The highest BCUT2D eigenvalue weighted by Gasteiger charge is 2.28. The standard InChI is InChI=1S/C20H23N5O2S/c26-19(21-12-15-13-25-6-2-1-3-18(25)22-15)14-4-5-17-16(11-14)23-20(28-17)24-7-9-27-10-8-24/h1-3,6,13-14H,4-5,7-12H2,(H,21,26). The lowest BCUT2D eigenvalue weighted by atomic mass is 9.90. The molecule has 2 aliphatic rings. The number of pyridine rings is 1. The molecule has 0 bridgehead atoms. The van der Waals surface area contributed by atoms with Crippen LogP contribution in [0.2, 0.25) is 0 Å². The second-order valence-electron chi connectivity index (χ2n) is 7.32. The highest BCUT2D eigenvalue weighted by molar-refractivity contribution is 7.15. The zero-order valence-corrected chi connectivity index (χ0v) is 16.5. The van der Waals surface area contributed by atoms with Crippen molar-refractivity contribution in [3.63, 3.8) is 0 Å². The van der Waals surface area contributed by atoms with Crippen LogP contribution in [0.1, 0.15) is 22.7 Å². The van der Waals surface area contributed by atoms with Gasteiger partial charge < -0.3 is 19.4 Å². The fraction of sp³-hybridized carbons (Fsp3) is 0.450. The minimum atomic E-state index is -0.0100. The number of imidazole rings is 1. The van der Waals surface area contributed by atoms with E-state index in [1.54, 1.807) is 11.3 Å². The van der Waals surface area contributed by atoms with Crippen LogP contribution in [0.5, 0.6) is 0 Å². The van der Waals surface area contributed by atoms with Gasteiger partial charge in [0.05, 0.1) is 31.1 Å². The van der Waals surface area contributed by atoms with Gasteiger partial charge in [-0.2, -0.15) is 0 Å². The molecule has 3 aromatic heterocycles. The van der Waals surface area contributed by atoms with Gasteiger partial charge in [0.1, 0.15) is 5.65 Å². The number of ether oxygens (including phenoxy) is 1. The molecule has 7 nitrogen and oxygen atoms in total. The van der Waals surface area contributed by atoms with Gasteiger partial charge in [0.15, 0.2) is 5.13 Å². The van der Waals surface area contributed by atoms with Crippen LogP contribution < -0.4 is 10.2 Å². The molecule has 5 rings (SSSR count). The summed E-state index contributed by atoms with van der Waals surface area (Å²) in [5.41, 5.74) is 2.87. The van der Waals surface area contributed by atoms with E-state index >= 15 is 0 Å². The van der Waals surface area contributed by atoms with E-state index in [1.165, 1.54) is 4.88 Å². The van der Waals surface area contributed by atoms with Crippen LogP contribution in [0, 0.1) is 5.92 Å². The summed E-state index contributed by atoms with van der Waals surface area (Å²) in [6, 6.07) is 5.89. The number of thiazole rings is 1. The van der Waals surface area contributed by atoms with Crippen molar-refractivity contribution in [1.29, 1.82) is 0 Å². The fourth-order valence-electron chi connectivity index (χ4n) is 3.87. The van der Waals surface area contributed by atoms with Crippen molar-refractivity contribution >= 4 is 28.0 Å². The molecule has 0 radical (unpaired) electrons. The highest BCUT2D eigenvalue weighted by Crippen LogP contribution is 2.34. The molecule has 1 unspecified atom stereocenters. The van der Waals surface area contributed by atoms with E-state index in [-0.39, 0.29) is 11.8 Å². The first kappa shape index (κ1) is 17.6. The molecule has 146 valence electrons. The normalized spacial score (nSPS) is 19.6. The fourth-order valence-corrected chi connectivity index (χ4v) is 5.03. The summed E-state index contributed by atoms with van der Waals surface area (Å²) in [7, 11) is 0. The van der Waals surface area contributed by atoms with E-state index in [4.69, 9.17) is 9.72 Å². The second-order valence-corrected chi connectivity index (χ2v) is 8.38. The Labute approximate surface area is 167 Å². The maximum absolute atomic E-state index is 12.7. The van der Waals surface area contributed by atoms with Crippen LogP contribution >= 0.6 is 11.3 Å². The number of carbonyl (C=O) groups is 1. The van der Waals surface area contributed by atoms with E-state index in [0.29, 0.717) is 6.54 Å². The van der Waals surface area contributed by atoms with Crippen molar-refractivity contribution in [2.24, 2.45) is 5.92 Å². The maximum atomic E-state index is 12.7. The third-order valence-electron chi connectivity index (χ3n) is 5.44. The Bertz CT molecular complexity index is 959. The van der Waals surface area contributed by atoms with Crippen molar-refractivity contribution in [3.05, 3.63) is 46.9 Å². The number of amides is 1. The lowest BCUT2D eigenvalue weighted by Gasteiger charge is -2.26. The molecular weight excluding hydrogens is 374 g/mol. The van der Waals surface area contributed by atoms with Crippen LogP contribution in [0.15, 0.2) is 30.6 Å². The molecular formula is C20H23N5O2S. The van der Waals surface area contributed by atoms with E-state index in [1.807, 2.05) is 35.0 Å². The van der Waals surface area contributed by atoms with E-state index in [0.717, 1.165) is 67.7 Å². The molecule has 4 heterocycles. The Hall–Kier alpha value is -2.45. The summed E-state index contributed by atoms with van der Waals surface area (Å²) >= 11 is 1.78. The van der Waals surface area contributed by atoms with Gasteiger partial charge in [-0.25, -0.2) is 9.97 Å². The lowest BCUT2D eigenvalue weighted by Crippen LogP contribution is -2.36. The molecule has 3 aromatic rings. The van der Waals surface area contributed by atoms with Crippen molar-refractivity contribution in [2.45, 2.75) is 25.8 Å². The van der Waals surface area contributed by atoms with E-state index < -0.39 is 0 Å². The molecule has 0 saturated carbocycles. The molecule has 1 saturated heterocycles. The third-order valence-corrected chi connectivity index (χ3v) is 6.65. The SMILES string of the molecule is O=C(NCc1cn2ccccc2n1)C1CCc2sc(N3CCOCC3)nc2C1. The first-order valence-electron chi connectivity index (χ1n) is 9.78. The van der Waals surface area contributed by atoms with Gasteiger partial charge in [-0.15, -0.1) is 11.3 Å². The van der Waals surface area contributed by atoms with Crippen molar-refractivity contribution in [2.75, 3.05) is 31.2 Å². The van der Waals surface area contributed by atoms with Gasteiger partial charge in [-0.3, -0.25) is 4.79 Å². The number of anilines is 1. The monoisotopic (exact) mass is 397 g/mol. The topological polar surface area (TPSA) is 71.8 Å². The molecule has 1 fully saturated rings. The predicted octanol–water partition coefficient (Wildman–Crippen LogP) is 2.05. The Morgan fingerprint density at radius 3 is 3.04 bits per heavy atom. The highest BCUT2D eigenvalue weighted by atomic mass is 32.1. The number of nitrogens with one attached hydrogen (secondary N) is 1. The summed E-state index contributed by atoms with van der Waals surface area (Å²) in [4.78, 5) is 25.7. The average molecular weight is 398 g/mol. The molecule has 1 amide bonds. The number of hydrogen-bond acceptors (Lipinski definition) is 6. The lowest BCUT2D eigenvalue weighted by molar-refractivity contribution is -0.125. The van der Waals surface area contributed by atoms with Crippen molar-refractivity contribution in [1.82, 2.24) is 19.7 Å². The van der Waals surface area contributed by atoms with Crippen LogP contribution in [-0.4, -0.2) is 46.6 Å². The first-order valence-corrected chi connectivity index (χ1v) is 10.6. The predicted molar refractivity (Wildman–Crippen MR) is 108 cm³/mol. The number of rotatable bonds is 4. The number of aromatic nitrogens is 3. The van der Waals surface area contributed by atoms with Gasteiger partial charge in [0.2, 0.25) is 5.91 Å². The molecule has 28 heavy (non-hydrogen) atoms. The largest absolute Gasteiger partial charge is 0.378 e. The quantitative estimate of drug-likeness (QED) is 0.730. The van der Waals surface area contributed by atoms with Crippen LogP contribution in [0.4, 0.5) is 5.13 Å². The minimum absolute atomic E-state index is 0.0100. The Balaban J connectivity index is 1.21. The summed E-state index contributed by atoms with van der Waals surface area (Å²) < 4.78 is 7.40. The molecule has 1 aliphatic carbocycles. The van der Waals surface area contributed by atoms with Gasteiger partial charge in [0.25, 0.3) is 0 Å². The van der Waals surface area contributed by atoms with Crippen LogP contribution in [0.25, 0.3) is 5.65 Å². The Kier molecular flexibility index (Phi) is 4.74. The summed E-state index contributed by atoms with van der Waals surface area (Å²) in [6.07, 6.45) is 6.47. The molecule has 0 aromatic carbocycles. The first-order chi connectivity index (χ1) is 13.8. The molecule has 1 aliphatic heterocycles. The Morgan fingerprint density at radius 2 is 2.18 bits per heavy atom. The van der Waals surface area contributed by atoms with Gasteiger partial charge in [-0.05, 0) is 25.0 Å². The number of nitrogens with zero attached hydrogens (tertiary/aromatic N) is 4. The Morgan fingerprint density at radius 1 is 1.29 bits per heavy atom. The number of fused-ring (bicyclic) bond motifs is 2. The van der Waals surface area contributed by atoms with Crippen LogP contribution in [-0.2, 0) is 28.9 Å². The van der Waals surface area contributed by atoms with E-state index in [2.05, 4.69) is 15.2 Å². The summed E-state index contributed by atoms with van der Waals surface area (Å²) in [5.74, 6) is 0.0906. The number of morpholine rings is 1. The van der Waals surface area contributed by atoms with Crippen molar-refractivity contribution < 1.29 is 9.53 Å². The van der Waals surface area contributed by atoms with E-state index in [9.17, 15) is 4.79 Å². The molecule has 1 N–H and O–H groups in total. The number of hydrogen-bond donors (Lipinski definition) is 1. The zero-order chi connectivity index (χ0) is 18.9. The second kappa shape index (κ2) is 7.52. The van der Waals surface area contributed by atoms with Crippen LogP contribution in [0.3, 0.4) is 0 Å². The van der Waals surface area contributed by atoms with Gasteiger partial charge in [-0.1, -0.05) is 6.07 Å². The zero-order valence-electron chi connectivity index (χ0n) is 15.6. The van der Waals surface area contributed by atoms with Crippen molar-refractivity contribution in [3.8, 4) is 0 Å². The maximum Gasteiger partial charge on any atom is 0.223 e. The smallest absolute Gasteiger partial charge is 0.223 e. The number of carbonyl (C=O) groups excluding carboxylic acids is 1. The minimum Gasteiger partial charge on any atom is -0.378 e. The summed E-state index contributed by atoms with van der Waals surface area (Å²) in [5, 5.41) is 4.15. The average Bonchev–Trinajstić information content (AvgIpc) is 3.35. The third kappa shape index (κ3) is 3.49.